The van der Waals surface area contributed by atoms with Gasteiger partial charge < -0.3 is 16.0 Å². The quantitative estimate of drug-likeness (QED) is 0.740. The number of hydrogen-bond acceptors (Lipinski definition) is 3. The molecule has 0 radical (unpaired) electrons. The van der Waals surface area contributed by atoms with Gasteiger partial charge in [-0.15, -0.1) is 0 Å². The molecule has 2 atom stereocenters. The Morgan fingerprint density at radius 3 is 2.53 bits per heavy atom. The maximum Gasteiger partial charge on any atom is 0.234 e. The maximum absolute atomic E-state index is 11.6. The molecule has 0 aromatic rings. The fourth-order valence-electron chi connectivity index (χ4n) is 2.61. The summed E-state index contributed by atoms with van der Waals surface area (Å²) >= 11 is 0. The predicted octanol–water partition coefficient (Wildman–Crippen LogP) is 0.241. The third kappa shape index (κ3) is 3.70. The zero-order valence-corrected chi connectivity index (χ0v) is 10.7. The first-order valence-corrected chi connectivity index (χ1v) is 6.36. The van der Waals surface area contributed by atoms with Crippen LogP contribution in [0.5, 0.6) is 0 Å². The summed E-state index contributed by atoms with van der Waals surface area (Å²) in [5, 5.41) is 2.93. The van der Waals surface area contributed by atoms with Crippen molar-refractivity contribution in [3.63, 3.8) is 0 Å². The summed E-state index contributed by atoms with van der Waals surface area (Å²) in [7, 11) is 0. The Labute approximate surface area is 103 Å². The Morgan fingerprint density at radius 1 is 1.35 bits per heavy atom. The van der Waals surface area contributed by atoms with Crippen molar-refractivity contribution in [2.24, 2.45) is 5.73 Å². The number of hydrogen-bond donors (Lipinski definition) is 2. The summed E-state index contributed by atoms with van der Waals surface area (Å²) in [5.74, 6) is -0.0621. The Hall–Kier alpha value is -1.10. The normalized spacial score (nSPS) is 24.2. The number of amides is 2. The van der Waals surface area contributed by atoms with E-state index in [1.165, 1.54) is 0 Å². The molecule has 1 aliphatic carbocycles. The van der Waals surface area contributed by atoms with Gasteiger partial charge in [0.1, 0.15) is 0 Å². The topological polar surface area (TPSA) is 75.4 Å². The van der Waals surface area contributed by atoms with Gasteiger partial charge in [-0.05, 0) is 19.8 Å². The molecule has 3 N–H and O–H groups in total. The number of likely N-dealkylation sites (N-methyl/N-ethyl adjacent to an activating group) is 1. The number of nitrogens with zero attached hydrogens (tertiary/aromatic N) is 1. The van der Waals surface area contributed by atoms with Crippen LogP contribution < -0.4 is 11.1 Å². The Morgan fingerprint density at radius 2 is 2.00 bits per heavy atom. The fraction of sp³-hybridized carbons (Fsp3) is 0.833. The van der Waals surface area contributed by atoms with Crippen molar-refractivity contribution in [2.75, 3.05) is 13.1 Å². The number of nitrogens with one attached hydrogen (secondary N) is 1. The molecule has 1 saturated carbocycles. The second kappa shape index (κ2) is 6.59. The van der Waals surface area contributed by atoms with Gasteiger partial charge in [0.15, 0.2) is 0 Å². The molecule has 5 nitrogen and oxygen atoms in total. The number of rotatable bonds is 4. The predicted molar refractivity (Wildman–Crippen MR) is 66.3 cm³/mol. The van der Waals surface area contributed by atoms with E-state index in [0.29, 0.717) is 6.54 Å². The smallest absolute Gasteiger partial charge is 0.234 e. The molecule has 1 aliphatic rings. The van der Waals surface area contributed by atoms with E-state index in [0.717, 1.165) is 25.7 Å². The van der Waals surface area contributed by atoms with Crippen LogP contribution >= 0.6 is 0 Å². The molecule has 17 heavy (non-hydrogen) atoms. The zero-order chi connectivity index (χ0) is 12.8. The van der Waals surface area contributed by atoms with Crippen LogP contribution in [0.25, 0.3) is 0 Å². The summed E-state index contributed by atoms with van der Waals surface area (Å²) in [6.45, 7) is 4.25. The van der Waals surface area contributed by atoms with Gasteiger partial charge in [0.05, 0.1) is 12.6 Å². The minimum Gasteiger partial charge on any atom is -0.350 e. The summed E-state index contributed by atoms with van der Waals surface area (Å²) < 4.78 is 0. The van der Waals surface area contributed by atoms with Crippen LogP contribution in [0.2, 0.25) is 0 Å². The zero-order valence-electron chi connectivity index (χ0n) is 10.7. The van der Waals surface area contributed by atoms with Crippen LogP contribution in [0, 0.1) is 0 Å². The highest BCUT2D eigenvalue weighted by Crippen LogP contribution is 2.23. The number of carbonyl (C=O) groups is 2. The van der Waals surface area contributed by atoms with Crippen LogP contribution in [0.4, 0.5) is 0 Å². The highest BCUT2D eigenvalue weighted by molar-refractivity contribution is 5.78. The van der Waals surface area contributed by atoms with Gasteiger partial charge in [-0.3, -0.25) is 9.59 Å². The lowest BCUT2D eigenvalue weighted by molar-refractivity contribution is -0.133. The highest BCUT2D eigenvalue weighted by Gasteiger charge is 2.31. The van der Waals surface area contributed by atoms with Crippen molar-refractivity contribution < 1.29 is 9.59 Å². The first kappa shape index (κ1) is 14.0. The van der Waals surface area contributed by atoms with Crippen molar-refractivity contribution in [2.45, 2.75) is 51.6 Å². The van der Waals surface area contributed by atoms with Crippen LogP contribution in [-0.4, -0.2) is 41.9 Å². The molecule has 98 valence electrons. The van der Waals surface area contributed by atoms with Gasteiger partial charge in [0.25, 0.3) is 0 Å². The van der Waals surface area contributed by atoms with Crippen molar-refractivity contribution in [1.82, 2.24) is 10.2 Å². The maximum atomic E-state index is 11.6. The molecule has 1 fully saturated rings. The summed E-state index contributed by atoms with van der Waals surface area (Å²) in [6, 6.07) is 0.186. The lowest BCUT2D eigenvalue weighted by atomic mass is 9.89. The third-order valence-electron chi connectivity index (χ3n) is 3.41. The molecule has 2 amide bonds. The molecule has 0 saturated heterocycles. The van der Waals surface area contributed by atoms with Crippen LogP contribution in [0.15, 0.2) is 0 Å². The fourth-order valence-corrected chi connectivity index (χ4v) is 2.61. The van der Waals surface area contributed by atoms with E-state index in [2.05, 4.69) is 5.32 Å². The second-order valence-electron chi connectivity index (χ2n) is 4.53. The van der Waals surface area contributed by atoms with E-state index in [-0.39, 0.29) is 30.4 Å². The number of nitrogens with two attached hydrogens (primary N) is 1. The van der Waals surface area contributed by atoms with Crippen molar-refractivity contribution in [3.05, 3.63) is 0 Å². The minimum absolute atomic E-state index is 0.00934. The van der Waals surface area contributed by atoms with Crippen LogP contribution in [0.3, 0.4) is 0 Å². The summed E-state index contributed by atoms with van der Waals surface area (Å²) in [6.07, 6.45) is 4.11. The third-order valence-corrected chi connectivity index (χ3v) is 3.41. The molecular formula is C12H23N3O2. The Kier molecular flexibility index (Phi) is 5.41. The van der Waals surface area contributed by atoms with E-state index in [1.54, 1.807) is 6.92 Å². The first-order valence-electron chi connectivity index (χ1n) is 6.36. The summed E-state index contributed by atoms with van der Waals surface area (Å²) in [5.41, 5.74) is 5.31. The first-order chi connectivity index (χ1) is 8.10. The SMILES string of the molecule is CCN(C(C)=O)[C@@H]1CCCC[C@@H]1NC(=O)CN. The second-order valence-corrected chi connectivity index (χ2v) is 4.53. The van der Waals surface area contributed by atoms with Gasteiger partial charge >= 0.3 is 0 Å². The van der Waals surface area contributed by atoms with Crippen LogP contribution in [-0.2, 0) is 9.59 Å². The molecule has 1 rings (SSSR count). The molecule has 0 spiro atoms. The molecule has 0 bridgehead atoms. The lowest BCUT2D eigenvalue weighted by Gasteiger charge is -2.39. The average molecular weight is 241 g/mol. The van der Waals surface area contributed by atoms with Gasteiger partial charge in [0, 0.05) is 19.5 Å². The largest absolute Gasteiger partial charge is 0.350 e. The molecule has 0 aliphatic heterocycles. The molecule has 0 heterocycles. The van der Waals surface area contributed by atoms with E-state index in [9.17, 15) is 9.59 Å². The number of carbonyl (C=O) groups excluding carboxylic acids is 2. The Balaban J connectivity index is 2.70. The van der Waals surface area contributed by atoms with Crippen molar-refractivity contribution in [1.29, 1.82) is 0 Å². The molecule has 0 unspecified atom stereocenters. The summed E-state index contributed by atoms with van der Waals surface area (Å²) in [4.78, 5) is 24.8. The van der Waals surface area contributed by atoms with E-state index in [1.807, 2.05) is 11.8 Å². The van der Waals surface area contributed by atoms with E-state index in [4.69, 9.17) is 5.73 Å². The van der Waals surface area contributed by atoms with Gasteiger partial charge in [0.2, 0.25) is 11.8 Å². The monoisotopic (exact) mass is 241 g/mol. The van der Waals surface area contributed by atoms with Crippen molar-refractivity contribution >= 4 is 11.8 Å². The standard InChI is InChI=1S/C12H23N3O2/c1-3-15(9(2)16)11-7-5-4-6-10(11)14-12(17)8-13/h10-11H,3-8,13H2,1-2H3,(H,14,17)/t10-,11+/m0/s1. The van der Waals surface area contributed by atoms with Crippen molar-refractivity contribution in [3.8, 4) is 0 Å². The molecule has 0 aromatic heterocycles. The Bertz CT molecular complexity index is 281. The van der Waals surface area contributed by atoms with E-state index >= 15 is 0 Å². The molecule has 0 aromatic carbocycles. The molecular weight excluding hydrogens is 218 g/mol. The van der Waals surface area contributed by atoms with Crippen LogP contribution in [0.1, 0.15) is 39.5 Å². The van der Waals surface area contributed by atoms with Gasteiger partial charge in [-0.1, -0.05) is 12.8 Å². The average Bonchev–Trinajstić information content (AvgIpc) is 2.31. The van der Waals surface area contributed by atoms with Gasteiger partial charge in [-0.2, -0.15) is 0 Å². The minimum atomic E-state index is -0.137. The molecule has 5 heteroatoms. The van der Waals surface area contributed by atoms with Gasteiger partial charge in [-0.25, -0.2) is 0 Å². The highest BCUT2D eigenvalue weighted by atomic mass is 16.2. The lowest BCUT2D eigenvalue weighted by Crippen LogP contribution is -2.55. The van der Waals surface area contributed by atoms with E-state index < -0.39 is 0 Å².